The minimum Gasteiger partial charge on any atom is -0.489 e. The molecule has 0 spiro atoms. The summed E-state index contributed by atoms with van der Waals surface area (Å²) in [5, 5.41) is 14.8. The average molecular weight is 414 g/mol. The highest BCUT2D eigenvalue weighted by Gasteiger charge is 2.26. The van der Waals surface area contributed by atoms with Crippen LogP contribution < -0.4 is 10.1 Å². The molecular weight excluding hydrogens is 386 g/mol. The van der Waals surface area contributed by atoms with Crippen LogP contribution in [0.25, 0.3) is 0 Å². The molecule has 156 valence electrons. The number of ether oxygens (including phenoxy) is 2. The Morgan fingerprint density at radius 1 is 1.32 bits per heavy atom. The number of nitro benzene ring substituents is 1. The molecule has 0 saturated carbocycles. The summed E-state index contributed by atoms with van der Waals surface area (Å²) in [4.78, 5) is 24.7. The van der Waals surface area contributed by atoms with Crippen LogP contribution in [0.2, 0.25) is 5.02 Å². The lowest BCUT2D eigenvalue weighted by atomic mass is 10.0. The van der Waals surface area contributed by atoms with E-state index in [9.17, 15) is 14.9 Å². The van der Waals surface area contributed by atoms with Gasteiger partial charge in [-0.2, -0.15) is 0 Å². The molecule has 0 radical (unpaired) electrons. The summed E-state index contributed by atoms with van der Waals surface area (Å²) in [7, 11) is 0. The molecule has 1 aliphatic rings. The van der Waals surface area contributed by atoms with E-state index in [0.29, 0.717) is 44.0 Å². The number of nitro groups is 1. The van der Waals surface area contributed by atoms with Gasteiger partial charge in [-0.3, -0.25) is 10.1 Å². The summed E-state index contributed by atoms with van der Waals surface area (Å²) in [6, 6.07) is 2.88. The van der Waals surface area contributed by atoms with Crippen molar-refractivity contribution in [3.8, 4) is 5.75 Å². The summed E-state index contributed by atoms with van der Waals surface area (Å²) in [6.07, 6.45) is 0.914. The molecule has 1 aromatic carbocycles. The summed E-state index contributed by atoms with van der Waals surface area (Å²) < 4.78 is 10.9. The van der Waals surface area contributed by atoms with E-state index in [0.717, 1.165) is 0 Å². The first-order valence-electron chi connectivity index (χ1n) is 9.50. The first-order chi connectivity index (χ1) is 13.2. The number of nitrogens with one attached hydrogen (secondary N) is 1. The first kappa shape index (κ1) is 22.1. The maximum Gasteiger partial charge on any atom is 0.409 e. The number of rotatable bonds is 7. The number of halogens is 1. The Bertz CT molecular complexity index is 703. The topological polar surface area (TPSA) is 93.9 Å². The molecule has 8 nitrogen and oxygen atoms in total. The standard InChI is InChI=1S/C19H28ClN3O5/c1-12(2)11-27-19(24)22-7-5-14(6-8-22)21-16-10-18(28-13(3)4)15(20)9-17(16)23(25)26/h9-10,12-14,21H,5-8,11H2,1-4H3. The second-order valence-corrected chi connectivity index (χ2v) is 8.01. The molecule has 0 unspecified atom stereocenters. The molecule has 28 heavy (non-hydrogen) atoms. The van der Waals surface area contributed by atoms with Gasteiger partial charge < -0.3 is 19.7 Å². The van der Waals surface area contributed by atoms with E-state index in [2.05, 4.69) is 5.32 Å². The van der Waals surface area contributed by atoms with Crippen molar-refractivity contribution in [2.75, 3.05) is 25.0 Å². The Morgan fingerprint density at radius 3 is 2.50 bits per heavy atom. The number of anilines is 1. The van der Waals surface area contributed by atoms with Crippen molar-refractivity contribution in [2.45, 2.75) is 52.7 Å². The number of carbonyl (C=O) groups is 1. The van der Waals surface area contributed by atoms with Crippen molar-refractivity contribution < 1.29 is 19.2 Å². The number of amides is 1. The summed E-state index contributed by atoms with van der Waals surface area (Å²) in [5.74, 6) is 0.690. The fourth-order valence-electron chi connectivity index (χ4n) is 2.91. The van der Waals surface area contributed by atoms with Gasteiger partial charge in [-0.25, -0.2) is 4.79 Å². The van der Waals surface area contributed by atoms with Gasteiger partial charge in [0.2, 0.25) is 0 Å². The number of piperidine rings is 1. The van der Waals surface area contributed by atoms with Crippen LogP contribution in [0.1, 0.15) is 40.5 Å². The number of benzene rings is 1. The van der Waals surface area contributed by atoms with E-state index < -0.39 is 4.92 Å². The Morgan fingerprint density at radius 2 is 1.96 bits per heavy atom. The van der Waals surface area contributed by atoms with Crippen molar-refractivity contribution >= 4 is 29.1 Å². The molecule has 0 bridgehead atoms. The smallest absolute Gasteiger partial charge is 0.409 e. The molecule has 1 heterocycles. The minimum atomic E-state index is -0.466. The third-order valence-electron chi connectivity index (χ3n) is 4.26. The predicted octanol–water partition coefficient (Wildman–Crippen LogP) is 4.70. The molecule has 9 heteroatoms. The number of hydrogen-bond donors (Lipinski definition) is 1. The molecule has 1 amide bonds. The normalized spacial score (nSPS) is 15.0. The second kappa shape index (κ2) is 9.82. The van der Waals surface area contributed by atoms with Gasteiger partial charge in [-0.1, -0.05) is 25.4 Å². The third kappa shape index (κ3) is 6.15. The molecule has 0 aromatic heterocycles. The highest BCUT2D eigenvalue weighted by Crippen LogP contribution is 2.37. The van der Waals surface area contributed by atoms with E-state index in [-0.39, 0.29) is 34.9 Å². The van der Waals surface area contributed by atoms with Crippen molar-refractivity contribution in [1.82, 2.24) is 4.90 Å². The van der Waals surface area contributed by atoms with Crippen LogP contribution in [0.5, 0.6) is 5.75 Å². The van der Waals surface area contributed by atoms with E-state index >= 15 is 0 Å². The number of carbonyl (C=O) groups excluding carboxylic acids is 1. The molecule has 1 aliphatic heterocycles. The monoisotopic (exact) mass is 413 g/mol. The molecule has 0 aliphatic carbocycles. The van der Waals surface area contributed by atoms with E-state index in [1.165, 1.54) is 6.07 Å². The summed E-state index contributed by atoms with van der Waals surface area (Å²) >= 11 is 6.12. The third-order valence-corrected chi connectivity index (χ3v) is 4.56. The van der Waals surface area contributed by atoms with Crippen LogP contribution in [-0.2, 0) is 4.74 Å². The summed E-state index contributed by atoms with van der Waals surface area (Å²) in [5.41, 5.74) is 0.269. The van der Waals surface area contributed by atoms with Crippen LogP contribution in [0.4, 0.5) is 16.2 Å². The zero-order valence-corrected chi connectivity index (χ0v) is 17.5. The molecule has 0 atom stereocenters. The van der Waals surface area contributed by atoms with Crippen LogP contribution >= 0.6 is 11.6 Å². The van der Waals surface area contributed by atoms with Gasteiger partial charge in [0.25, 0.3) is 5.69 Å². The zero-order valence-electron chi connectivity index (χ0n) is 16.7. The Kier molecular flexibility index (Phi) is 7.74. The van der Waals surface area contributed by atoms with E-state index in [1.54, 1.807) is 11.0 Å². The Labute approximate surface area is 170 Å². The van der Waals surface area contributed by atoms with Crippen LogP contribution in [-0.4, -0.2) is 47.8 Å². The zero-order chi connectivity index (χ0) is 20.8. The molecule has 2 rings (SSSR count). The molecule has 1 fully saturated rings. The predicted molar refractivity (Wildman–Crippen MR) is 108 cm³/mol. The maximum atomic E-state index is 12.1. The fourth-order valence-corrected chi connectivity index (χ4v) is 3.11. The van der Waals surface area contributed by atoms with Gasteiger partial charge in [0.1, 0.15) is 11.4 Å². The average Bonchev–Trinajstić information content (AvgIpc) is 2.62. The van der Waals surface area contributed by atoms with Gasteiger partial charge >= 0.3 is 6.09 Å². The maximum absolute atomic E-state index is 12.1. The van der Waals surface area contributed by atoms with E-state index in [4.69, 9.17) is 21.1 Å². The minimum absolute atomic E-state index is 0.000856. The molecule has 1 saturated heterocycles. The van der Waals surface area contributed by atoms with Gasteiger partial charge in [-0.15, -0.1) is 0 Å². The van der Waals surface area contributed by atoms with Crippen LogP contribution in [0.3, 0.4) is 0 Å². The van der Waals surface area contributed by atoms with Gasteiger partial charge in [0.05, 0.1) is 22.7 Å². The Balaban J connectivity index is 2.03. The highest BCUT2D eigenvalue weighted by atomic mass is 35.5. The van der Waals surface area contributed by atoms with Crippen LogP contribution in [0.15, 0.2) is 12.1 Å². The number of likely N-dealkylation sites (tertiary alicyclic amines) is 1. The van der Waals surface area contributed by atoms with Crippen LogP contribution in [0, 0.1) is 16.0 Å². The first-order valence-corrected chi connectivity index (χ1v) is 9.88. The van der Waals surface area contributed by atoms with E-state index in [1.807, 2.05) is 27.7 Å². The number of nitrogens with zero attached hydrogens (tertiary/aromatic N) is 2. The fraction of sp³-hybridized carbons (Fsp3) is 0.632. The largest absolute Gasteiger partial charge is 0.489 e. The summed E-state index contributed by atoms with van der Waals surface area (Å²) in [6.45, 7) is 9.15. The quantitative estimate of drug-likeness (QED) is 0.514. The van der Waals surface area contributed by atoms with Crippen molar-refractivity contribution in [3.63, 3.8) is 0 Å². The Hall–Kier alpha value is -2.22. The molecular formula is C19H28ClN3O5. The molecule has 1 aromatic rings. The molecule has 1 N–H and O–H groups in total. The van der Waals surface area contributed by atoms with Gasteiger partial charge in [0.15, 0.2) is 0 Å². The lowest BCUT2D eigenvalue weighted by Gasteiger charge is -2.32. The van der Waals surface area contributed by atoms with Crippen molar-refractivity contribution in [1.29, 1.82) is 0 Å². The number of hydrogen-bond acceptors (Lipinski definition) is 6. The van der Waals surface area contributed by atoms with Crippen molar-refractivity contribution in [3.05, 3.63) is 27.3 Å². The van der Waals surface area contributed by atoms with Gasteiger partial charge in [0, 0.05) is 31.3 Å². The SMILES string of the molecule is CC(C)COC(=O)N1CCC(Nc2cc(OC(C)C)c(Cl)cc2[N+](=O)[O-])CC1. The highest BCUT2D eigenvalue weighted by molar-refractivity contribution is 6.32. The van der Waals surface area contributed by atoms with Crippen molar-refractivity contribution in [2.24, 2.45) is 5.92 Å². The lowest BCUT2D eigenvalue weighted by Crippen LogP contribution is -2.43. The second-order valence-electron chi connectivity index (χ2n) is 7.60. The lowest BCUT2D eigenvalue weighted by molar-refractivity contribution is -0.384. The van der Waals surface area contributed by atoms with Gasteiger partial charge in [-0.05, 0) is 32.6 Å².